The maximum absolute atomic E-state index is 13.8. The number of hydrogen-bond acceptors (Lipinski definition) is 4. The number of amides is 1. The first-order chi connectivity index (χ1) is 21.6. The second-order valence-electron chi connectivity index (χ2n) is 12.1. The summed E-state index contributed by atoms with van der Waals surface area (Å²) in [6, 6.07) is 38.2. The van der Waals surface area contributed by atoms with Crippen molar-refractivity contribution in [1.29, 1.82) is 0 Å². The Balaban J connectivity index is 1.42. The summed E-state index contributed by atoms with van der Waals surface area (Å²) in [5.74, 6) is 0.226. The van der Waals surface area contributed by atoms with Crippen LogP contribution < -0.4 is 10.2 Å². The Hall–Kier alpha value is -5.01. The van der Waals surface area contributed by atoms with E-state index in [0.717, 1.165) is 77.0 Å². The number of carbonyl (C=O) groups excluding carboxylic acids is 1. The van der Waals surface area contributed by atoms with Crippen LogP contribution >= 0.6 is 0 Å². The minimum absolute atomic E-state index is 0.226. The summed E-state index contributed by atoms with van der Waals surface area (Å²) in [4.78, 5) is 15.8. The molecule has 218 valence electrons. The van der Waals surface area contributed by atoms with Crippen LogP contribution in [-0.4, -0.2) is 45.1 Å². The van der Waals surface area contributed by atoms with Gasteiger partial charge in [0.1, 0.15) is 11.2 Å². The molecule has 4 heterocycles. The average molecular weight is 579 g/mol. The summed E-state index contributed by atoms with van der Waals surface area (Å²) in [5.41, 5.74) is 5.93. The maximum atomic E-state index is 13.8. The fraction of sp³-hybridized carbons (Fsp3) is 0.216. The van der Waals surface area contributed by atoms with Gasteiger partial charge in [0, 0.05) is 43.0 Å². The summed E-state index contributed by atoms with van der Waals surface area (Å²) >= 11 is 0. The van der Waals surface area contributed by atoms with Crippen LogP contribution in [0.1, 0.15) is 29.5 Å². The lowest BCUT2D eigenvalue weighted by atomic mass is 9.77. The van der Waals surface area contributed by atoms with Crippen molar-refractivity contribution in [1.82, 2.24) is 24.9 Å². The van der Waals surface area contributed by atoms with Crippen molar-refractivity contribution in [2.24, 2.45) is 12.5 Å². The number of nitrogens with one attached hydrogen (secondary N) is 1. The minimum Gasteiger partial charge on any atom is -0.316 e. The molecule has 1 spiro atoms. The molecule has 2 aromatic heterocycles. The van der Waals surface area contributed by atoms with Crippen LogP contribution in [0.4, 0.5) is 5.69 Å². The summed E-state index contributed by atoms with van der Waals surface area (Å²) in [6.45, 7) is 2.39. The topological polar surface area (TPSA) is 68.0 Å². The number of rotatable bonds is 6. The van der Waals surface area contributed by atoms with Crippen molar-refractivity contribution in [3.05, 3.63) is 138 Å². The lowest BCUT2D eigenvalue weighted by Crippen LogP contribution is -2.38. The molecule has 1 amide bonds. The summed E-state index contributed by atoms with van der Waals surface area (Å²) in [5, 5.41) is 14.4. The molecule has 0 unspecified atom stereocenters. The highest BCUT2D eigenvalue weighted by atomic mass is 16.2. The minimum atomic E-state index is -0.771. The molecule has 2 aliphatic heterocycles. The zero-order valence-corrected chi connectivity index (χ0v) is 24.7. The fourth-order valence-electron chi connectivity index (χ4n) is 7.40. The van der Waals surface area contributed by atoms with E-state index in [4.69, 9.17) is 5.10 Å². The van der Waals surface area contributed by atoms with Gasteiger partial charge >= 0.3 is 0 Å². The van der Waals surface area contributed by atoms with Gasteiger partial charge in [-0.05, 0) is 54.3 Å². The molecule has 8 rings (SSSR count). The van der Waals surface area contributed by atoms with Gasteiger partial charge in [0.05, 0.1) is 17.1 Å². The van der Waals surface area contributed by atoms with Crippen LogP contribution in [0.2, 0.25) is 0 Å². The van der Waals surface area contributed by atoms with Gasteiger partial charge in [0.15, 0.2) is 0 Å². The molecule has 0 radical (unpaired) electrons. The lowest BCUT2D eigenvalue weighted by molar-refractivity contribution is -0.124. The molecule has 2 aliphatic rings. The quantitative estimate of drug-likeness (QED) is 0.247. The third kappa shape index (κ3) is 3.96. The van der Waals surface area contributed by atoms with Gasteiger partial charge in [-0.2, -0.15) is 10.2 Å². The van der Waals surface area contributed by atoms with Crippen molar-refractivity contribution < 1.29 is 4.79 Å². The molecule has 1 N–H and O–H groups in total. The molecule has 7 nitrogen and oxygen atoms in total. The van der Waals surface area contributed by atoms with Gasteiger partial charge in [-0.3, -0.25) is 9.48 Å². The predicted octanol–water partition coefficient (Wildman–Crippen LogP) is 5.99. The van der Waals surface area contributed by atoms with E-state index < -0.39 is 5.54 Å². The third-order valence-corrected chi connectivity index (χ3v) is 9.60. The largest absolute Gasteiger partial charge is 0.316 e. The van der Waals surface area contributed by atoms with Crippen LogP contribution in [0.3, 0.4) is 0 Å². The van der Waals surface area contributed by atoms with Crippen molar-refractivity contribution in [2.45, 2.75) is 18.4 Å². The van der Waals surface area contributed by atoms with E-state index in [1.165, 1.54) is 0 Å². The van der Waals surface area contributed by atoms with E-state index in [9.17, 15) is 4.79 Å². The number of anilines is 1. The zero-order chi connectivity index (χ0) is 29.7. The number of carbonyl (C=O) groups is 1. The van der Waals surface area contributed by atoms with Crippen LogP contribution in [-0.2, 0) is 17.4 Å². The smallest absolute Gasteiger partial charge is 0.234 e. The molecule has 2 saturated heterocycles. The molecule has 0 bridgehead atoms. The Morgan fingerprint density at radius 3 is 2.00 bits per heavy atom. The van der Waals surface area contributed by atoms with E-state index in [2.05, 4.69) is 124 Å². The lowest BCUT2D eigenvalue weighted by Gasteiger charge is -2.37. The van der Waals surface area contributed by atoms with Gasteiger partial charge < -0.3 is 10.2 Å². The molecular weight excluding hydrogens is 544 g/mol. The Bertz CT molecular complexity index is 1860. The summed E-state index contributed by atoms with van der Waals surface area (Å²) < 4.78 is 3.99. The zero-order valence-electron chi connectivity index (χ0n) is 24.7. The Morgan fingerprint density at radius 1 is 0.818 bits per heavy atom. The van der Waals surface area contributed by atoms with E-state index in [1.807, 2.05) is 29.0 Å². The summed E-state index contributed by atoms with van der Waals surface area (Å²) in [6.07, 6.45) is 5.66. The highest BCUT2D eigenvalue weighted by molar-refractivity contribution is 6.03. The third-order valence-electron chi connectivity index (χ3n) is 9.60. The maximum Gasteiger partial charge on any atom is 0.234 e. The van der Waals surface area contributed by atoms with Crippen molar-refractivity contribution >= 4 is 22.5 Å². The van der Waals surface area contributed by atoms with Crippen LogP contribution in [0.15, 0.2) is 122 Å². The van der Waals surface area contributed by atoms with E-state index in [0.29, 0.717) is 0 Å². The number of aromatic nitrogens is 4. The van der Waals surface area contributed by atoms with E-state index in [-0.39, 0.29) is 11.3 Å². The predicted molar refractivity (Wildman–Crippen MR) is 173 cm³/mol. The van der Waals surface area contributed by atoms with Gasteiger partial charge in [-0.15, -0.1) is 0 Å². The molecule has 4 aromatic carbocycles. The van der Waals surface area contributed by atoms with Crippen molar-refractivity contribution in [3.63, 3.8) is 0 Å². The van der Waals surface area contributed by atoms with E-state index in [1.54, 1.807) is 0 Å². The van der Waals surface area contributed by atoms with Crippen LogP contribution in [0.25, 0.3) is 22.2 Å². The highest BCUT2D eigenvalue weighted by Gasteiger charge is 2.49. The molecular formula is C37H34N6O. The monoisotopic (exact) mass is 578 g/mol. The number of hydrogen-bond donors (Lipinski definition) is 1. The normalized spacial score (nSPS) is 18.6. The molecule has 2 fully saturated rings. The number of aryl methyl sites for hydroxylation is 1. The van der Waals surface area contributed by atoms with Gasteiger partial charge in [0.25, 0.3) is 0 Å². The second kappa shape index (κ2) is 10.3. The Labute approximate surface area is 256 Å². The van der Waals surface area contributed by atoms with Crippen LogP contribution in [0.5, 0.6) is 0 Å². The summed E-state index contributed by atoms with van der Waals surface area (Å²) in [7, 11) is 1.92. The van der Waals surface area contributed by atoms with Gasteiger partial charge in [-0.1, -0.05) is 91.0 Å². The number of nitrogens with zero attached hydrogens (tertiary/aromatic N) is 5. The van der Waals surface area contributed by atoms with E-state index >= 15 is 0 Å². The second-order valence-corrected chi connectivity index (χ2v) is 12.1. The first-order valence-corrected chi connectivity index (χ1v) is 15.3. The number of benzene rings is 4. The first-order valence-electron chi connectivity index (χ1n) is 15.3. The van der Waals surface area contributed by atoms with Gasteiger partial charge in [-0.25, -0.2) is 4.68 Å². The molecule has 44 heavy (non-hydrogen) atoms. The standard InChI is InChI=1S/C37H34N6O/c1-41-25-27(24-39-41)34-32-23-31(42-22-20-36(35(42)44)19-21-38-26-36)17-18-33(32)43(40-34)37(28-11-5-2-6-12-28,29-13-7-3-8-14-29)30-15-9-4-10-16-30/h2-18,23-25,38H,19-22,26H2,1H3/t36-/m0/s1. The SMILES string of the molecule is Cn1cc(-c2nn(C(c3ccccc3)(c3ccccc3)c3ccccc3)c3ccc(N4CC[C@]5(CCNC5)C4=O)cc23)cn1. The molecule has 1 atom stereocenters. The van der Waals surface area contributed by atoms with Crippen molar-refractivity contribution in [3.8, 4) is 11.3 Å². The molecule has 0 saturated carbocycles. The van der Waals surface area contributed by atoms with Gasteiger partial charge in [0.2, 0.25) is 5.91 Å². The number of fused-ring (bicyclic) bond motifs is 1. The first kappa shape index (κ1) is 26.6. The van der Waals surface area contributed by atoms with Crippen molar-refractivity contribution in [2.75, 3.05) is 24.5 Å². The Kier molecular flexibility index (Phi) is 6.24. The van der Waals surface area contributed by atoms with Crippen LogP contribution in [0, 0.1) is 5.41 Å². The molecule has 6 aromatic rings. The molecule has 0 aliphatic carbocycles. The average Bonchev–Trinajstić information content (AvgIpc) is 3.87. The Morgan fingerprint density at radius 2 is 1.45 bits per heavy atom. The highest BCUT2D eigenvalue weighted by Crippen LogP contribution is 2.45. The fourth-order valence-corrected chi connectivity index (χ4v) is 7.40. The molecule has 7 heteroatoms.